The highest BCUT2D eigenvalue weighted by molar-refractivity contribution is 5.93. The third-order valence-electron chi connectivity index (χ3n) is 4.71. The van der Waals surface area contributed by atoms with Crippen LogP contribution in [0.25, 0.3) is 0 Å². The number of aliphatic hydroxyl groups is 1. The molecule has 0 aromatic heterocycles. The minimum atomic E-state index is -1.21. The SMILES string of the molecule is O=C(O)CCC(=O)NCC(=O)N1CCC[C@H]1C(=O)N1C[C@H](O)C[C@H]1C(=O)O. The molecule has 27 heavy (non-hydrogen) atoms. The topological polar surface area (TPSA) is 165 Å². The Bertz CT molecular complexity index is 637. The maximum atomic E-state index is 12.7. The van der Waals surface area contributed by atoms with Gasteiger partial charge in [0.15, 0.2) is 0 Å². The van der Waals surface area contributed by atoms with Crippen molar-refractivity contribution in [1.82, 2.24) is 15.1 Å². The van der Waals surface area contributed by atoms with E-state index in [4.69, 9.17) is 5.11 Å². The van der Waals surface area contributed by atoms with Crippen LogP contribution in [0.2, 0.25) is 0 Å². The normalized spacial score (nSPS) is 24.7. The summed E-state index contributed by atoms with van der Waals surface area (Å²) in [5, 5.41) is 29.8. The van der Waals surface area contributed by atoms with Gasteiger partial charge >= 0.3 is 11.9 Å². The molecule has 3 amide bonds. The van der Waals surface area contributed by atoms with Crippen LogP contribution in [0.5, 0.6) is 0 Å². The first-order valence-electron chi connectivity index (χ1n) is 8.70. The number of rotatable bonds is 7. The fraction of sp³-hybridized carbons (Fsp3) is 0.688. The Morgan fingerprint density at radius 3 is 2.33 bits per heavy atom. The van der Waals surface area contributed by atoms with E-state index in [1.54, 1.807) is 0 Å². The molecule has 0 spiro atoms. The summed E-state index contributed by atoms with van der Waals surface area (Å²) >= 11 is 0. The summed E-state index contributed by atoms with van der Waals surface area (Å²) in [6.07, 6.45) is -0.648. The number of amides is 3. The molecular formula is C16H23N3O8. The molecule has 2 heterocycles. The number of nitrogens with zero attached hydrogens (tertiary/aromatic N) is 2. The molecular weight excluding hydrogens is 362 g/mol. The number of carboxylic acids is 2. The third kappa shape index (κ3) is 5.16. The highest BCUT2D eigenvalue weighted by Gasteiger charge is 2.44. The number of aliphatic carboxylic acids is 2. The van der Waals surface area contributed by atoms with Crippen LogP contribution in [-0.2, 0) is 24.0 Å². The smallest absolute Gasteiger partial charge is 0.326 e. The molecule has 0 aliphatic carbocycles. The van der Waals surface area contributed by atoms with Crippen molar-refractivity contribution < 1.29 is 39.3 Å². The summed E-state index contributed by atoms with van der Waals surface area (Å²) in [5.41, 5.74) is 0. The average molecular weight is 385 g/mol. The van der Waals surface area contributed by atoms with E-state index >= 15 is 0 Å². The Balaban J connectivity index is 1.94. The van der Waals surface area contributed by atoms with Gasteiger partial charge in [-0.3, -0.25) is 19.2 Å². The van der Waals surface area contributed by atoms with Crippen LogP contribution in [0.3, 0.4) is 0 Å². The number of hydrogen-bond acceptors (Lipinski definition) is 6. The van der Waals surface area contributed by atoms with E-state index < -0.39 is 47.8 Å². The van der Waals surface area contributed by atoms with Gasteiger partial charge in [-0.05, 0) is 12.8 Å². The second-order valence-electron chi connectivity index (χ2n) is 6.65. The van der Waals surface area contributed by atoms with Crippen molar-refractivity contribution >= 4 is 29.7 Å². The zero-order valence-corrected chi connectivity index (χ0v) is 14.7. The first-order chi connectivity index (χ1) is 12.7. The van der Waals surface area contributed by atoms with Gasteiger partial charge in [0.1, 0.15) is 12.1 Å². The van der Waals surface area contributed by atoms with Crippen molar-refractivity contribution in [3.05, 3.63) is 0 Å². The van der Waals surface area contributed by atoms with Gasteiger partial charge in [-0.15, -0.1) is 0 Å². The summed E-state index contributed by atoms with van der Waals surface area (Å²) in [5.74, 6) is -3.94. The van der Waals surface area contributed by atoms with Crippen LogP contribution >= 0.6 is 0 Å². The molecule has 0 saturated carbocycles. The average Bonchev–Trinajstić information content (AvgIpc) is 3.23. The highest BCUT2D eigenvalue weighted by Crippen LogP contribution is 2.25. The first-order valence-corrected chi connectivity index (χ1v) is 8.70. The van der Waals surface area contributed by atoms with E-state index in [1.807, 2.05) is 0 Å². The van der Waals surface area contributed by atoms with E-state index in [9.17, 15) is 34.2 Å². The van der Waals surface area contributed by atoms with Crippen molar-refractivity contribution in [1.29, 1.82) is 0 Å². The van der Waals surface area contributed by atoms with Crippen molar-refractivity contribution in [2.45, 2.75) is 50.3 Å². The number of β-amino-alcohol motifs (C(OH)–C–C–N with tert-alkyl or cyclic N) is 1. The standard InChI is InChI=1S/C16H23N3O8/c20-9-6-11(16(26)27)19(8-9)15(25)10-2-1-5-18(10)13(22)7-17-12(21)3-4-14(23)24/h9-11,20H,1-8H2,(H,17,21)(H,23,24)(H,26,27)/t9-,10+,11+/m1/s1. The van der Waals surface area contributed by atoms with Gasteiger partial charge in [0, 0.05) is 25.9 Å². The Labute approximate surface area is 154 Å². The Morgan fingerprint density at radius 1 is 1.00 bits per heavy atom. The molecule has 3 atom stereocenters. The number of nitrogens with one attached hydrogen (secondary N) is 1. The molecule has 0 aromatic rings. The molecule has 0 unspecified atom stereocenters. The molecule has 0 radical (unpaired) electrons. The number of aliphatic hydroxyl groups excluding tert-OH is 1. The Kier molecular flexibility index (Phi) is 6.72. The fourth-order valence-electron chi connectivity index (χ4n) is 3.39. The molecule has 2 aliphatic rings. The molecule has 2 aliphatic heterocycles. The maximum Gasteiger partial charge on any atom is 0.326 e. The van der Waals surface area contributed by atoms with E-state index in [1.165, 1.54) is 4.90 Å². The zero-order chi connectivity index (χ0) is 20.1. The predicted octanol–water partition coefficient (Wildman–Crippen LogP) is -2.00. The molecule has 0 aromatic carbocycles. The summed E-state index contributed by atoms with van der Waals surface area (Å²) in [4.78, 5) is 60.8. The minimum absolute atomic E-state index is 0.0542. The molecule has 4 N–H and O–H groups in total. The second kappa shape index (κ2) is 8.80. The molecule has 2 fully saturated rings. The first kappa shape index (κ1) is 20.6. The number of hydrogen-bond donors (Lipinski definition) is 4. The van der Waals surface area contributed by atoms with Crippen molar-refractivity contribution in [3.8, 4) is 0 Å². The van der Waals surface area contributed by atoms with E-state index in [-0.39, 0.29) is 32.4 Å². The van der Waals surface area contributed by atoms with E-state index in [0.717, 1.165) is 4.90 Å². The number of likely N-dealkylation sites (tertiary alicyclic amines) is 2. The molecule has 150 valence electrons. The lowest BCUT2D eigenvalue weighted by Crippen LogP contribution is -2.52. The van der Waals surface area contributed by atoms with Crippen molar-refractivity contribution in [2.75, 3.05) is 19.6 Å². The van der Waals surface area contributed by atoms with Crippen LogP contribution in [-0.4, -0.2) is 92.6 Å². The van der Waals surface area contributed by atoms with Gasteiger partial charge in [0.05, 0.1) is 19.1 Å². The molecule has 11 heteroatoms. The van der Waals surface area contributed by atoms with Crippen LogP contribution in [0.4, 0.5) is 0 Å². The van der Waals surface area contributed by atoms with Crippen molar-refractivity contribution in [2.24, 2.45) is 0 Å². The van der Waals surface area contributed by atoms with Gasteiger partial charge in [0.25, 0.3) is 0 Å². The number of carbonyl (C=O) groups excluding carboxylic acids is 3. The van der Waals surface area contributed by atoms with Crippen LogP contribution in [0.15, 0.2) is 0 Å². The van der Waals surface area contributed by atoms with Crippen LogP contribution < -0.4 is 5.32 Å². The summed E-state index contributed by atoms with van der Waals surface area (Å²) in [6, 6.07) is -1.96. The fourth-order valence-corrected chi connectivity index (χ4v) is 3.39. The monoisotopic (exact) mass is 385 g/mol. The Hall–Kier alpha value is -2.69. The summed E-state index contributed by atoms with van der Waals surface area (Å²) in [7, 11) is 0. The zero-order valence-electron chi connectivity index (χ0n) is 14.7. The lowest BCUT2D eigenvalue weighted by atomic mass is 10.1. The highest BCUT2D eigenvalue weighted by atomic mass is 16.4. The summed E-state index contributed by atoms with van der Waals surface area (Å²) < 4.78 is 0. The lowest BCUT2D eigenvalue weighted by molar-refractivity contribution is -0.151. The largest absolute Gasteiger partial charge is 0.481 e. The van der Waals surface area contributed by atoms with E-state index in [0.29, 0.717) is 19.4 Å². The maximum absolute atomic E-state index is 12.7. The molecule has 2 saturated heterocycles. The van der Waals surface area contributed by atoms with Gasteiger partial charge < -0.3 is 30.4 Å². The van der Waals surface area contributed by atoms with Crippen LogP contribution in [0.1, 0.15) is 32.1 Å². The van der Waals surface area contributed by atoms with Gasteiger partial charge in [-0.2, -0.15) is 0 Å². The molecule has 2 rings (SSSR count). The minimum Gasteiger partial charge on any atom is -0.481 e. The van der Waals surface area contributed by atoms with Crippen molar-refractivity contribution in [3.63, 3.8) is 0 Å². The molecule has 0 bridgehead atoms. The van der Waals surface area contributed by atoms with E-state index in [2.05, 4.69) is 5.32 Å². The quantitative estimate of drug-likeness (QED) is 0.391. The van der Waals surface area contributed by atoms with Gasteiger partial charge in [-0.1, -0.05) is 0 Å². The second-order valence-corrected chi connectivity index (χ2v) is 6.65. The summed E-state index contributed by atoms with van der Waals surface area (Å²) in [6.45, 7) is -0.165. The van der Waals surface area contributed by atoms with Gasteiger partial charge in [0.2, 0.25) is 17.7 Å². The number of carboxylic acid groups (broad SMARTS) is 2. The molecule has 11 nitrogen and oxygen atoms in total. The third-order valence-corrected chi connectivity index (χ3v) is 4.71. The van der Waals surface area contributed by atoms with Crippen LogP contribution in [0, 0.1) is 0 Å². The van der Waals surface area contributed by atoms with Gasteiger partial charge in [-0.25, -0.2) is 4.79 Å². The lowest BCUT2D eigenvalue weighted by Gasteiger charge is -2.30. The predicted molar refractivity (Wildman–Crippen MR) is 88.4 cm³/mol. The Morgan fingerprint density at radius 2 is 1.70 bits per heavy atom. The number of carbonyl (C=O) groups is 5.